The van der Waals surface area contributed by atoms with Crippen LogP contribution in [0.2, 0.25) is 0 Å². The van der Waals surface area contributed by atoms with E-state index in [0.29, 0.717) is 12.3 Å². The lowest BCUT2D eigenvalue weighted by Gasteiger charge is -2.37. The first-order valence-corrected chi connectivity index (χ1v) is 12.1. The maximum absolute atomic E-state index is 12.8. The first kappa shape index (κ1) is 24.6. The molecular weight excluding hydrogens is 450 g/mol. The number of amides is 1. The van der Waals surface area contributed by atoms with Gasteiger partial charge in [-0.1, -0.05) is 26.0 Å². The number of carboxylic acid groups (broad SMARTS) is 1. The zero-order chi connectivity index (χ0) is 23.2. The van der Waals surface area contributed by atoms with Crippen LogP contribution in [-0.2, 0) is 16.6 Å². The fourth-order valence-corrected chi connectivity index (χ4v) is 5.99. The number of benzene rings is 2. The van der Waals surface area contributed by atoms with E-state index in [9.17, 15) is 9.59 Å². The first-order chi connectivity index (χ1) is 15.7. The van der Waals surface area contributed by atoms with Crippen molar-refractivity contribution < 1.29 is 31.8 Å². The molecule has 1 saturated carbocycles. The van der Waals surface area contributed by atoms with E-state index in [-0.39, 0.29) is 34.7 Å². The highest BCUT2D eigenvalue weighted by Crippen LogP contribution is 2.48. The van der Waals surface area contributed by atoms with Crippen molar-refractivity contribution in [2.75, 3.05) is 18.1 Å². The van der Waals surface area contributed by atoms with Crippen LogP contribution in [-0.4, -0.2) is 30.1 Å². The quantitative estimate of drug-likeness (QED) is 0.727. The van der Waals surface area contributed by atoms with Gasteiger partial charge in [-0.25, -0.2) is 4.79 Å². The summed E-state index contributed by atoms with van der Waals surface area (Å²) in [6, 6.07) is 13.4. The summed E-state index contributed by atoms with van der Waals surface area (Å²) in [5, 5.41) is 9.12. The number of ether oxygens (including phenoxy) is 1. The summed E-state index contributed by atoms with van der Waals surface area (Å²) >= 11 is 0. The summed E-state index contributed by atoms with van der Waals surface area (Å²) < 4.78 is 5.88. The van der Waals surface area contributed by atoms with Crippen molar-refractivity contribution in [2.45, 2.75) is 64.2 Å². The molecule has 1 saturated heterocycles. The van der Waals surface area contributed by atoms with E-state index in [0.717, 1.165) is 63.1 Å². The predicted octanol–water partition coefficient (Wildman–Crippen LogP) is 2.60. The Balaban J connectivity index is 0.00000274. The second-order valence-corrected chi connectivity index (χ2v) is 11.0. The number of fused-ring (bicyclic) bond motifs is 1. The van der Waals surface area contributed by atoms with Crippen LogP contribution >= 0.6 is 0 Å². The maximum Gasteiger partial charge on any atom is 0.335 e. The van der Waals surface area contributed by atoms with Crippen LogP contribution in [0.15, 0.2) is 42.5 Å². The van der Waals surface area contributed by atoms with Crippen molar-refractivity contribution in [3.8, 4) is 5.75 Å². The molecule has 6 heteroatoms. The Morgan fingerprint density at radius 2 is 1.79 bits per heavy atom. The van der Waals surface area contributed by atoms with Gasteiger partial charge in [-0.15, -0.1) is 0 Å². The van der Waals surface area contributed by atoms with Crippen LogP contribution in [0.25, 0.3) is 0 Å². The van der Waals surface area contributed by atoms with Gasteiger partial charge in [0.15, 0.2) is 0 Å². The molecule has 1 amide bonds. The molecule has 5 nitrogen and oxygen atoms in total. The largest absolute Gasteiger partial charge is 1.00 e. The van der Waals surface area contributed by atoms with Gasteiger partial charge in [0.25, 0.3) is 0 Å². The van der Waals surface area contributed by atoms with Crippen molar-refractivity contribution in [3.05, 3.63) is 59.2 Å². The Kier molecular flexibility index (Phi) is 6.69. The van der Waals surface area contributed by atoms with Gasteiger partial charge in [0.2, 0.25) is 5.91 Å². The summed E-state index contributed by atoms with van der Waals surface area (Å²) in [4.78, 5) is 25.8. The number of carbonyl (C=O) groups is 2. The van der Waals surface area contributed by atoms with E-state index < -0.39 is 5.97 Å². The molecule has 2 aliphatic heterocycles. The number of carbonyl (C=O) groups excluding carboxylic acids is 1. The van der Waals surface area contributed by atoms with Gasteiger partial charge in [0.05, 0.1) is 12.2 Å². The van der Waals surface area contributed by atoms with Gasteiger partial charge in [0, 0.05) is 24.2 Å². The fraction of sp³-hybridized carbons (Fsp3) is 0.500. The van der Waals surface area contributed by atoms with E-state index in [4.69, 9.17) is 9.84 Å². The molecule has 34 heavy (non-hydrogen) atoms. The molecule has 1 spiro atoms. The van der Waals surface area contributed by atoms with E-state index in [2.05, 4.69) is 32.0 Å². The first-order valence-electron chi connectivity index (χ1n) is 12.1. The number of rotatable bonds is 4. The highest BCUT2D eigenvalue weighted by molar-refractivity contribution is 5.97. The average molecular weight is 483 g/mol. The molecule has 2 heterocycles. The minimum absolute atomic E-state index is 0. The van der Waals surface area contributed by atoms with Gasteiger partial charge < -0.3 is 27.2 Å². The number of hydrogen-bond donors (Lipinski definition) is 1. The lowest BCUT2D eigenvalue weighted by atomic mass is 9.68. The molecule has 1 N–H and O–H groups in total. The van der Waals surface area contributed by atoms with E-state index >= 15 is 0 Å². The third kappa shape index (κ3) is 4.68. The lowest BCUT2D eigenvalue weighted by molar-refractivity contribution is -0.118. The molecule has 2 aromatic carbocycles. The van der Waals surface area contributed by atoms with Gasteiger partial charge in [0.1, 0.15) is 5.75 Å². The standard InChI is InChI=1S/C28H33NO4.ClH/c1-27(2)13-14-33-24-8-3-20(16-23(24)27)15-19-9-11-28(12-10-19)17-25(30)29(18-28)22-6-4-21(5-7-22)26(31)32;/h3-8,16,19H,9-15,17-18H2,1-2H3,(H,31,32);1H/p-1. The minimum atomic E-state index is -0.945. The zero-order valence-corrected chi connectivity index (χ0v) is 20.7. The van der Waals surface area contributed by atoms with Crippen LogP contribution in [0.5, 0.6) is 5.75 Å². The molecule has 5 rings (SSSR count). The number of carboxylic acids is 1. The molecule has 3 aliphatic rings. The van der Waals surface area contributed by atoms with Crippen LogP contribution in [0, 0.1) is 11.3 Å². The second kappa shape index (κ2) is 9.26. The van der Waals surface area contributed by atoms with Crippen molar-refractivity contribution in [1.29, 1.82) is 0 Å². The number of anilines is 1. The summed E-state index contributed by atoms with van der Waals surface area (Å²) in [6.07, 6.45) is 7.20. The number of hydrogen-bond acceptors (Lipinski definition) is 3. The van der Waals surface area contributed by atoms with Gasteiger partial charge in [-0.2, -0.15) is 0 Å². The van der Waals surface area contributed by atoms with Crippen LogP contribution < -0.4 is 22.0 Å². The highest BCUT2D eigenvalue weighted by atomic mass is 35.5. The van der Waals surface area contributed by atoms with Crippen molar-refractivity contribution in [2.24, 2.45) is 11.3 Å². The normalized spacial score (nSPS) is 25.4. The summed E-state index contributed by atoms with van der Waals surface area (Å²) in [5.74, 6) is 0.909. The average Bonchev–Trinajstić information content (AvgIpc) is 3.11. The number of aromatic carboxylic acids is 1. The molecule has 0 atom stereocenters. The third-order valence-corrected chi connectivity index (χ3v) is 8.19. The van der Waals surface area contributed by atoms with Crippen LogP contribution in [0.3, 0.4) is 0 Å². The zero-order valence-electron chi connectivity index (χ0n) is 20.0. The molecular formula is C28H33ClNO4-. The number of nitrogens with zero attached hydrogens (tertiary/aromatic N) is 1. The molecule has 0 aromatic heterocycles. The van der Waals surface area contributed by atoms with Crippen molar-refractivity contribution in [1.82, 2.24) is 0 Å². The van der Waals surface area contributed by atoms with Gasteiger partial charge in [-0.3, -0.25) is 4.79 Å². The highest BCUT2D eigenvalue weighted by Gasteiger charge is 2.45. The molecule has 1 aliphatic carbocycles. The molecule has 0 bridgehead atoms. The van der Waals surface area contributed by atoms with E-state index in [1.165, 1.54) is 11.1 Å². The van der Waals surface area contributed by atoms with E-state index in [1.54, 1.807) is 24.3 Å². The van der Waals surface area contributed by atoms with Gasteiger partial charge >= 0.3 is 5.97 Å². The Morgan fingerprint density at radius 3 is 2.47 bits per heavy atom. The Morgan fingerprint density at radius 1 is 1.09 bits per heavy atom. The van der Waals surface area contributed by atoms with E-state index in [1.807, 2.05) is 4.90 Å². The predicted molar refractivity (Wildman–Crippen MR) is 128 cm³/mol. The second-order valence-electron chi connectivity index (χ2n) is 11.0. The third-order valence-electron chi connectivity index (χ3n) is 8.19. The smallest absolute Gasteiger partial charge is 0.335 e. The molecule has 0 unspecified atom stereocenters. The van der Waals surface area contributed by atoms with Gasteiger partial charge in [-0.05, 0) is 91.2 Å². The monoisotopic (exact) mass is 482 g/mol. The fourth-order valence-electron chi connectivity index (χ4n) is 5.99. The molecule has 0 radical (unpaired) electrons. The topological polar surface area (TPSA) is 66.8 Å². The summed E-state index contributed by atoms with van der Waals surface area (Å²) in [5.41, 5.74) is 4.02. The van der Waals surface area contributed by atoms with Crippen LogP contribution in [0.1, 0.15) is 73.9 Å². The summed E-state index contributed by atoms with van der Waals surface area (Å²) in [7, 11) is 0. The van der Waals surface area contributed by atoms with Crippen molar-refractivity contribution in [3.63, 3.8) is 0 Å². The minimum Gasteiger partial charge on any atom is -1.00 e. The maximum atomic E-state index is 12.8. The summed E-state index contributed by atoms with van der Waals surface area (Å²) in [6.45, 7) is 6.15. The van der Waals surface area contributed by atoms with Crippen LogP contribution in [0.4, 0.5) is 5.69 Å². The Labute approximate surface area is 207 Å². The SMILES string of the molecule is CC1(C)CCOc2ccc(CC3CCC4(CC3)CC(=O)N(c3ccc(C(=O)O)cc3)C4)cc21.[Cl-]. The number of halogens is 1. The lowest BCUT2D eigenvalue weighted by Crippen LogP contribution is -3.00. The molecule has 182 valence electrons. The molecule has 2 aromatic rings. The van der Waals surface area contributed by atoms with Crippen molar-refractivity contribution >= 4 is 17.6 Å². The Hall–Kier alpha value is -2.53. The molecule has 2 fully saturated rings. The Bertz CT molecular complexity index is 1070.